The molecular weight excluding hydrogens is 496 g/mol. The number of hydrogen-bond donors (Lipinski definition) is 0. The summed E-state index contributed by atoms with van der Waals surface area (Å²) >= 11 is 0. The van der Waals surface area contributed by atoms with Crippen LogP contribution in [-0.2, 0) is 0 Å². The van der Waals surface area contributed by atoms with Gasteiger partial charge in [-0.15, -0.1) is 12.1 Å². The number of benzene rings is 1. The predicted molar refractivity (Wildman–Crippen MR) is 97.0 cm³/mol. The molecule has 114 valence electrons. The summed E-state index contributed by atoms with van der Waals surface area (Å²) in [7, 11) is 0. The van der Waals surface area contributed by atoms with Gasteiger partial charge in [0.1, 0.15) is 0 Å². The van der Waals surface area contributed by atoms with Gasteiger partial charge in [-0.2, -0.15) is 79.2 Å². The van der Waals surface area contributed by atoms with Crippen molar-refractivity contribution in [2.75, 3.05) is 0 Å². The first-order chi connectivity index (χ1) is 10.9. The minimum absolute atomic E-state index is 0. The number of hydrogen-bond acceptors (Lipinski definition) is 0. The van der Waals surface area contributed by atoms with Crippen LogP contribution in [0, 0.1) is 46.9 Å². The van der Waals surface area contributed by atoms with Crippen LogP contribution in [0.4, 0.5) is 0 Å². The van der Waals surface area contributed by atoms with E-state index in [1.165, 1.54) is 0 Å². The maximum absolute atomic E-state index is 3.72. The minimum Gasteiger partial charge on any atom is -0.214 e. The van der Waals surface area contributed by atoms with E-state index >= 15 is 0 Å². The molecule has 0 heterocycles. The molecule has 4 rings (SSSR count). The molecule has 0 amide bonds. The van der Waals surface area contributed by atoms with Gasteiger partial charge in [0.15, 0.2) is 0 Å². The topological polar surface area (TPSA) is 0 Å². The summed E-state index contributed by atoms with van der Waals surface area (Å²) in [5, 5.41) is 0. The van der Waals surface area contributed by atoms with Crippen molar-refractivity contribution < 1.29 is 39.9 Å². The first kappa shape index (κ1) is 21.5. The molecule has 0 saturated carbocycles. The molecule has 0 spiro atoms. The minimum atomic E-state index is 0. The van der Waals surface area contributed by atoms with Crippen LogP contribution in [0.2, 0.25) is 0 Å². The molecule has 0 aromatic heterocycles. The van der Waals surface area contributed by atoms with Crippen LogP contribution in [0.5, 0.6) is 0 Å². The molecule has 0 atom stereocenters. The molecule has 0 aliphatic carbocycles. The maximum atomic E-state index is 3.72. The molecule has 0 aliphatic rings. The van der Waals surface area contributed by atoms with Crippen LogP contribution in [0.25, 0.3) is 0 Å². The molecule has 0 unspecified atom stereocenters. The van der Waals surface area contributed by atoms with Crippen LogP contribution in [-0.4, -0.2) is 0 Å². The van der Waals surface area contributed by atoms with Crippen molar-refractivity contribution in [1.82, 2.24) is 0 Å². The van der Waals surface area contributed by atoms with Crippen molar-refractivity contribution >= 4 is 0 Å². The standard InChI is InChI=1S/C7H7.3C5H5.Th/c1-7-5-3-2-4-6-7;3*1-2-4-5-3-1;/h2-6H,1H2;3*1-5H;/q4*-1;+4. The van der Waals surface area contributed by atoms with Crippen LogP contribution < -0.4 is 0 Å². The Morgan fingerprint density at radius 2 is 0.783 bits per heavy atom. The quantitative estimate of drug-likeness (QED) is 0.248. The Kier molecular flexibility index (Phi) is 15.7. The second kappa shape index (κ2) is 16.8. The van der Waals surface area contributed by atoms with Crippen molar-refractivity contribution in [2.24, 2.45) is 0 Å². The molecule has 0 aliphatic heterocycles. The van der Waals surface area contributed by atoms with Gasteiger partial charge in [-0.05, 0) is 0 Å². The van der Waals surface area contributed by atoms with Gasteiger partial charge in [0.2, 0.25) is 0 Å². The Morgan fingerprint density at radius 3 is 0.913 bits per heavy atom. The smallest absolute Gasteiger partial charge is 0.214 e. The van der Waals surface area contributed by atoms with Crippen molar-refractivity contribution in [3.05, 3.63) is 134 Å². The van der Waals surface area contributed by atoms with Crippen LogP contribution >= 0.6 is 0 Å². The van der Waals surface area contributed by atoms with Gasteiger partial charge in [-0.1, -0.05) is 6.07 Å². The monoisotopic (exact) mass is 518 g/mol. The predicted octanol–water partition coefficient (Wildman–Crippen LogP) is 6.09. The fourth-order valence-corrected chi connectivity index (χ4v) is 1.44. The summed E-state index contributed by atoms with van der Waals surface area (Å²) in [6, 6.07) is 39.9. The molecular formula is C22H22Th. The van der Waals surface area contributed by atoms with Crippen molar-refractivity contribution in [3.63, 3.8) is 0 Å². The second-order valence-corrected chi connectivity index (χ2v) is 4.37. The van der Waals surface area contributed by atoms with Gasteiger partial charge < -0.3 is 0 Å². The summed E-state index contributed by atoms with van der Waals surface area (Å²) in [6.07, 6.45) is 0. The SMILES string of the molecule is [CH2-]c1ccccc1.[Th+4].c1cc[cH-]c1.c1cc[cH-]c1.c1cc[cH-]c1. The summed E-state index contributed by atoms with van der Waals surface area (Å²) < 4.78 is 0. The summed E-state index contributed by atoms with van der Waals surface area (Å²) in [5.74, 6) is 0. The van der Waals surface area contributed by atoms with E-state index in [2.05, 4.69) is 6.92 Å². The summed E-state index contributed by atoms with van der Waals surface area (Å²) in [5.41, 5.74) is 1.07. The third-order valence-electron chi connectivity index (χ3n) is 2.51. The molecule has 0 bridgehead atoms. The van der Waals surface area contributed by atoms with E-state index in [4.69, 9.17) is 0 Å². The normalized spacial score (nSPS) is 7.83. The number of rotatable bonds is 0. The van der Waals surface area contributed by atoms with Gasteiger partial charge >= 0.3 is 39.9 Å². The van der Waals surface area contributed by atoms with Crippen molar-refractivity contribution in [2.45, 2.75) is 0 Å². The third-order valence-corrected chi connectivity index (χ3v) is 2.51. The van der Waals surface area contributed by atoms with E-state index in [1.54, 1.807) is 0 Å². The molecule has 4 aromatic rings. The molecule has 0 N–H and O–H groups in total. The second-order valence-electron chi connectivity index (χ2n) is 4.37. The molecule has 1 heteroatoms. The van der Waals surface area contributed by atoms with Crippen LogP contribution in [0.15, 0.2) is 121 Å². The fraction of sp³-hybridized carbons (Fsp3) is 0. The molecule has 0 fully saturated rings. The maximum Gasteiger partial charge on any atom is 4.00 e. The third kappa shape index (κ3) is 15.1. The van der Waals surface area contributed by atoms with Crippen molar-refractivity contribution in [3.8, 4) is 0 Å². The van der Waals surface area contributed by atoms with E-state index in [-0.39, 0.29) is 39.9 Å². The Bertz CT molecular complexity index is 473. The van der Waals surface area contributed by atoms with E-state index < -0.39 is 0 Å². The summed E-state index contributed by atoms with van der Waals surface area (Å²) in [4.78, 5) is 0. The molecule has 0 nitrogen and oxygen atoms in total. The van der Waals surface area contributed by atoms with Crippen molar-refractivity contribution in [1.29, 1.82) is 0 Å². The van der Waals surface area contributed by atoms with Gasteiger partial charge in [0.25, 0.3) is 0 Å². The Hall–Kier alpha value is -1.54. The molecule has 4 aromatic carbocycles. The van der Waals surface area contributed by atoms with Gasteiger partial charge in [0.05, 0.1) is 0 Å². The average molecular weight is 518 g/mol. The molecule has 23 heavy (non-hydrogen) atoms. The Balaban J connectivity index is 0.000000280. The zero-order valence-corrected chi connectivity index (χ0v) is 17.4. The zero-order valence-electron chi connectivity index (χ0n) is 13.3. The van der Waals surface area contributed by atoms with E-state index in [9.17, 15) is 0 Å². The summed E-state index contributed by atoms with van der Waals surface area (Å²) in [6.45, 7) is 3.72. The van der Waals surface area contributed by atoms with E-state index in [0.717, 1.165) is 5.56 Å². The van der Waals surface area contributed by atoms with Gasteiger partial charge in [-0.3, -0.25) is 0 Å². The molecule has 0 saturated heterocycles. The van der Waals surface area contributed by atoms with E-state index in [0.29, 0.717) is 0 Å². The van der Waals surface area contributed by atoms with Crippen LogP contribution in [0.3, 0.4) is 0 Å². The largest absolute Gasteiger partial charge is 4.00 e. The molecule has 0 radical (unpaired) electrons. The van der Waals surface area contributed by atoms with Gasteiger partial charge in [0, 0.05) is 0 Å². The first-order valence-corrected chi connectivity index (χ1v) is 7.26. The van der Waals surface area contributed by atoms with Gasteiger partial charge in [-0.25, -0.2) is 36.4 Å². The van der Waals surface area contributed by atoms with Crippen LogP contribution in [0.1, 0.15) is 5.56 Å². The Labute approximate surface area is 172 Å². The average Bonchev–Trinajstić information content (AvgIpc) is 3.37. The zero-order chi connectivity index (χ0) is 15.7. The fourth-order valence-electron chi connectivity index (χ4n) is 1.44. The van der Waals surface area contributed by atoms with E-state index in [1.807, 2.05) is 121 Å². The Morgan fingerprint density at radius 1 is 0.478 bits per heavy atom. The first-order valence-electron chi connectivity index (χ1n) is 7.26.